The van der Waals surface area contributed by atoms with Gasteiger partial charge in [-0.3, -0.25) is 4.79 Å². The molecule has 1 aliphatic rings. The van der Waals surface area contributed by atoms with Gasteiger partial charge in [0, 0.05) is 25.4 Å². The summed E-state index contributed by atoms with van der Waals surface area (Å²) >= 11 is 0. The molecule has 4 nitrogen and oxygen atoms in total. The van der Waals surface area contributed by atoms with Crippen LogP contribution in [0.3, 0.4) is 0 Å². The van der Waals surface area contributed by atoms with Crippen molar-refractivity contribution in [3.8, 4) is 0 Å². The molecule has 0 aromatic heterocycles. The van der Waals surface area contributed by atoms with Crippen molar-refractivity contribution in [1.82, 2.24) is 4.90 Å². The van der Waals surface area contributed by atoms with Crippen LogP contribution in [-0.4, -0.2) is 36.5 Å². The van der Waals surface area contributed by atoms with Crippen LogP contribution in [0.5, 0.6) is 0 Å². The number of rotatable bonds is 3. The van der Waals surface area contributed by atoms with Gasteiger partial charge in [0.25, 0.3) is 0 Å². The van der Waals surface area contributed by atoms with Crippen LogP contribution in [0.15, 0.2) is 0 Å². The molecule has 0 aliphatic heterocycles. The van der Waals surface area contributed by atoms with Crippen LogP contribution in [-0.2, 0) is 9.53 Å². The first-order chi connectivity index (χ1) is 7.19. The fraction of sp³-hybridized carbons (Fsp3) is 0.818. The SMILES string of the molecule is CCCN(C(=O)OC)C1CCC(=O)CC1. The maximum atomic E-state index is 11.5. The normalized spacial score (nSPS) is 17.6. The van der Waals surface area contributed by atoms with Crippen LogP contribution in [0, 0.1) is 0 Å². The minimum Gasteiger partial charge on any atom is -0.453 e. The third kappa shape index (κ3) is 3.22. The number of carbonyl (C=O) groups is 2. The Morgan fingerprint density at radius 2 is 2.07 bits per heavy atom. The maximum Gasteiger partial charge on any atom is 0.409 e. The number of ether oxygens (including phenoxy) is 1. The molecule has 0 saturated heterocycles. The number of amides is 1. The van der Waals surface area contributed by atoms with Crippen LogP contribution < -0.4 is 0 Å². The molecule has 1 amide bonds. The molecule has 0 aromatic carbocycles. The minimum atomic E-state index is -0.267. The van der Waals surface area contributed by atoms with Crippen LogP contribution in [0.4, 0.5) is 4.79 Å². The highest BCUT2D eigenvalue weighted by molar-refractivity contribution is 5.79. The summed E-state index contributed by atoms with van der Waals surface area (Å²) in [6, 6.07) is 0.190. The lowest BCUT2D eigenvalue weighted by Crippen LogP contribution is -2.42. The zero-order chi connectivity index (χ0) is 11.3. The monoisotopic (exact) mass is 213 g/mol. The lowest BCUT2D eigenvalue weighted by molar-refractivity contribution is -0.121. The quantitative estimate of drug-likeness (QED) is 0.720. The van der Waals surface area contributed by atoms with Gasteiger partial charge in [-0.05, 0) is 19.3 Å². The van der Waals surface area contributed by atoms with Crippen LogP contribution >= 0.6 is 0 Å². The van der Waals surface area contributed by atoms with Crippen LogP contribution in [0.2, 0.25) is 0 Å². The molecular formula is C11H19NO3. The van der Waals surface area contributed by atoms with Gasteiger partial charge in [0.05, 0.1) is 7.11 Å². The van der Waals surface area contributed by atoms with Crippen LogP contribution in [0.1, 0.15) is 39.0 Å². The Balaban J connectivity index is 2.55. The smallest absolute Gasteiger partial charge is 0.409 e. The van der Waals surface area contributed by atoms with Gasteiger partial charge in [-0.15, -0.1) is 0 Å². The van der Waals surface area contributed by atoms with E-state index >= 15 is 0 Å². The summed E-state index contributed by atoms with van der Waals surface area (Å²) < 4.78 is 4.75. The molecule has 0 radical (unpaired) electrons. The molecule has 1 aliphatic carbocycles. The second-order valence-electron chi connectivity index (χ2n) is 3.93. The highest BCUT2D eigenvalue weighted by Crippen LogP contribution is 2.21. The largest absolute Gasteiger partial charge is 0.453 e. The number of nitrogens with zero attached hydrogens (tertiary/aromatic N) is 1. The Labute approximate surface area is 90.6 Å². The highest BCUT2D eigenvalue weighted by Gasteiger charge is 2.27. The molecule has 86 valence electrons. The molecule has 1 rings (SSSR count). The minimum absolute atomic E-state index is 0.190. The van der Waals surface area contributed by atoms with E-state index in [9.17, 15) is 9.59 Å². The third-order valence-electron chi connectivity index (χ3n) is 2.83. The van der Waals surface area contributed by atoms with E-state index in [-0.39, 0.29) is 12.1 Å². The molecule has 1 fully saturated rings. The Morgan fingerprint density at radius 3 is 2.53 bits per heavy atom. The maximum absolute atomic E-state index is 11.5. The van der Waals surface area contributed by atoms with E-state index in [0.717, 1.165) is 19.3 Å². The number of methoxy groups -OCH3 is 1. The molecule has 0 N–H and O–H groups in total. The zero-order valence-electron chi connectivity index (χ0n) is 9.49. The van der Waals surface area contributed by atoms with Crippen molar-refractivity contribution in [1.29, 1.82) is 0 Å². The lowest BCUT2D eigenvalue weighted by Gasteiger charge is -2.32. The predicted octanol–water partition coefficient (Wildman–Crippen LogP) is 1.98. The Kier molecular flexibility index (Phi) is 4.59. The predicted molar refractivity (Wildman–Crippen MR) is 56.7 cm³/mol. The van der Waals surface area contributed by atoms with Gasteiger partial charge in [-0.1, -0.05) is 6.92 Å². The molecule has 0 bridgehead atoms. The summed E-state index contributed by atoms with van der Waals surface area (Å²) in [5.41, 5.74) is 0. The van der Waals surface area contributed by atoms with Gasteiger partial charge >= 0.3 is 6.09 Å². The second-order valence-corrected chi connectivity index (χ2v) is 3.93. The zero-order valence-corrected chi connectivity index (χ0v) is 9.49. The molecule has 4 heteroatoms. The van der Waals surface area contributed by atoms with Gasteiger partial charge in [0.2, 0.25) is 0 Å². The van der Waals surface area contributed by atoms with E-state index < -0.39 is 0 Å². The van der Waals surface area contributed by atoms with E-state index in [1.165, 1.54) is 7.11 Å². The number of hydrogen-bond acceptors (Lipinski definition) is 3. The summed E-state index contributed by atoms with van der Waals surface area (Å²) in [4.78, 5) is 24.4. The van der Waals surface area contributed by atoms with Crippen molar-refractivity contribution in [2.75, 3.05) is 13.7 Å². The van der Waals surface area contributed by atoms with E-state index in [2.05, 4.69) is 0 Å². The summed E-state index contributed by atoms with van der Waals surface area (Å²) in [6.45, 7) is 2.75. The molecule has 0 heterocycles. The molecule has 0 unspecified atom stereocenters. The van der Waals surface area contributed by atoms with Crippen molar-refractivity contribution in [2.45, 2.75) is 45.1 Å². The van der Waals surface area contributed by atoms with Gasteiger partial charge in [0.15, 0.2) is 0 Å². The van der Waals surface area contributed by atoms with E-state index in [4.69, 9.17) is 4.74 Å². The number of Topliss-reactive ketones (excluding diaryl/α,β-unsaturated/α-hetero) is 1. The standard InChI is InChI=1S/C11H19NO3/c1-3-8-12(11(14)15-2)9-4-6-10(13)7-5-9/h9H,3-8H2,1-2H3. The third-order valence-corrected chi connectivity index (χ3v) is 2.83. The Hall–Kier alpha value is -1.06. The van der Waals surface area contributed by atoms with Crippen molar-refractivity contribution in [3.05, 3.63) is 0 Å². The van der Waals surface area contributed by atoms with Crippen LogP contribution in [0.25, 0.3) is 0 Å². The summed E-state index contributed by atoms with van der Waals surface area (Å²) in [6.07, 6.45) is 3.42. The van der Waals surface area contributed by atoms with Gasteiger partial charge in [0.1, 0.15) is 5.78 Å². The van der Waals surface area contributed by atoms with E-state index in [0.29, 0.717) is 25.2 Å². The first-order valence-electron chi connectivity index (χ1n) is 5.55. The molecule has 0 spiro atoms. The highest BCUT2D eigenvalue weighted by atomic mass is 16.5. The van der Waals surface area contributed by atoms with E-state index in [1.54, 1.807) is 4.90 Å². The first-order valence-corrected chi connectivity index (χ1v) is 5.55. The summed E-state index contributed by atoms with van der Waals surface area (Å²) in [5.74, 6) is 0.313. The van der Waals surface area contributed by atoms with Gasteiger partial charge < -0.3 is 9.64 Å². The van der Waals surface area contributed by atoms with Gasteiger partial charge in [-0.2, -0.15) is 0 Å². The fourth-order valence-corrected chi connectivity index (χ4v) is 2.02. The molecule has 0 atom stereocenters. The number of ketones is 1. The number of hydrogen-bond donors (Lipinski definition) is 0. The van der Waals surface area contributed by atoms with Crippen molar-refractivity contribution in [3.63, 3.8) is 0 Å². The molecule has 15 heavy (non-hydrogen) atoms. The average molecular weight is 213 g/mol. The van der Waals surface area contributed by atoms with E-state index in [1.807, 2.05) is 6.92 Å². The second kappa shape index (κ2) is 5.73. The van der Waals surface area contributed by atoms with Crippen molar-refractivity contribution >= 4 is 11.9 Å². The average Bonchev–Trinajstić information content (AvgIpc) is 2.26. The Morgan fingerprint density at radius 1 is 1.47 bits per heavy atom. The summed E-state index contributed by atoms with van der Waals surface area (Å²) in [7, 11) is 1.40. The van der Waals surface area contributed by atoms with Crippen molar-refractivity contribution < 1.29 is 14.3 Å². The Bertz CT molecular complexity index is 230. The lowest BCUT2D eigenvalue weighted by atomic mass is 9.93. The molecule has 0 aromatic rings. The molecule has 1 saturated carbocycles. The topological polar surface area (TPSA) is 46.6 Å². The summed E-state index contributed by atoms with van der Waals surface area (Å²) in [5, 5.41) is 0. The van der Waals surface area contributed by atoms with Gasteiger partial charge in [-0.25, -0.2) is 4.79 Å². The first kappa shape index (κ1) is 12.0. The number of carbonyl (C=O) groups excluding carboxylic acids is 2. The fourth-order valence-electron chi connectivity index (χ4n) is 2.02. The molecular weight excluding hydrogens is 194 g/mol. The van der Waals surface area contributed by atoms with Crippen molar-refractivity contribution in [2.24, 2.45) is 0 Å².